The lowest BCUT2D eigenvalue weighted by Crippen LogP contribution is -2.08. The highest BCUT2D eigenvalue weighted by atomic mass is 16.5. The molecule has 0 amide bonds. The lowest BCUT2D eigenvalue weighted by Gasteiger charge is -2.15. The molecule has 0 saturated heterocycles. The fraction of sp³-hybridized carbons (Fsp3) is 0.174. The van der Waals surface area contributed by atoms with Crippen LogP contribution in [0.4, 0.5) is 11.5 Å². The van der Waals surface area contributed by atoms with Crippen molar-refractivity contribution < 1.29 is 9.47 Å². The molecule has 2 heterocycles. The van der Waals surface area contributed by atoms with E-state index in [0.29, 0.717) is 28.4 Å². The zero-order valence-corrected chi connectivity index (χ0v) is 17.4. The Hall–Kier alpha value is -3.87. The van der Waals surface area contributed by atoms with Crippen LogP contribution in [-0.4, -0.2) is 43.3 Å². The number of nitrogens with two attached hydrogens (primary N) is 1. The van der Waals surface area contributed by atoms with E-state index in [-0.39, 0.29) is 0 Å². The van der Waals surface area contributed by atoms with Gasteiger partial charge < -0.3 is 20.1 Å². The Kier molecular flexibility index (Phi) is 5.10. The molecular weight excluding hydrogens is 378 g/mol. The minimum Gasteiger partial charge on any atom is -0.497 e. The van der Waals surface area contributed by atoms with Gasteiger partial charge >= 0.3 is 0 Å². The van der Waals surface area contributed by atoms with Gasteiger partial charge in [0.05, 0.1) is 25.3 Å². The van der Waals surface area contributed by atoms with Gasteiger partial charge in [-0.25, -0.2) is 15.0 Å². The largest absolute Gasteiger partial charge is 0.497 e. The van der Waals surface area contributed by atoms with Crippen molar-refractivity contribution in [2.24, 2.45) is 0 Å². The number of methoxy groups -OCH3 is 2. The van der Waals surface area contributed by atoms with Crippen LogP contribution in [0.3, 0.4) is 0 Å². The van der Waals surface area contributed by atoms with Gasteiger partial charge in [0, 0.05) is 31.4 Å². The average molecular weight is 401 g/mol. The summed E-state index contributed by atoms with van der Waals surface area (Å²) >= 11 is 0. The van der Waals surface area contributed by atoms with E-state index in [9.17, 15) is 0 Å². The molecule has 0 saturated carbocycles. The summed E-state index contributed by atoms with van der Waals surface area (Å²) in [7, 11) is 7.27. The van der Waals surface area contributed by atoms with Crippen LogP contribution in [0, 0.1) is 0 Å². The maximum absolute atomic E-state index is 6.22. The van der Waals surface area contributed by atoms with E-state index >= 15 is 0 Å². The maximum atomic E-state index is 6.22. The van der Waals surface area contributed by atoms with Crippen molar-refractivity contribution in [3.63, 3.8) is 0 Å². The number of nitrogens with zero attached hydrogens (tertiary/aromatic N) is 4. The summed E-state index contributed by atoms with van der Waals surface area (Å²) in [4.78, 5) is 15.3. The molecule has 0 aliphatic heterocycles. The Morgan fingerprint density at radius 1 is 0.833 bits per heavy atom. The molecule has 0 aliphatic carbocycles. The van der Waals surface area contributed by atoms with Crippen molar-refractivity contribution in [1.82, 2.24) is 15.0 Å². The Morgan fingerprint density at radius 3 is 2.10 bits per heavy atom. The first-order valence-electron chi connectivity index (χ1n) is 9.42. The second-order valence-corrected chi connectivity index (χ2v) is 7.06. The van der Waals surface area contributed by atoms with Crippen LogP contribution < -0.4 is 20.1 Å². The summed E-state index contributed by atoms with van der Waals surface area (Å²) in [5, 5.41) is 0.696. The molecule has 152 valence electrons. The molecule has 0 radical (unpaired) electrons. The van der Waals surface area contributed by atoms with E-state index < -0.39 is 0 Å². The Balaban J connectivity index is 1.97. The third-order valence-electron chi connectivity index (χ3n) is 4.98. The highest BCUT2D eigenvalue weighted by Gasteiger charge is 2.15. The van der Waals surface area contributed by atoms with Crippen molar-refractivity contribution in [3.05, 3.63) is 54.9 Å². The van der Waals surface area contributed by atoms with E-state index in [1.807, 2.05) is 50.5 Å². The molecule has 2 aromatic heterocycles. The van der Waals surface area contributed by atoms with Crippen molar-refractivity contribution in [1.29, 1.82) is 0 Å². The van der Waals surface area contributed by atoms with E-state index in [0.717, 1.165) is 28.1 Å². The highest BCUT2D eigenvalue weighted by molar-refractivity contribution is 6.01. The maximum Gasteiger partial charge on any atom is 0.165 e. The fourth-order valence-electron chi connectivity index (χ4n) is 3.36. The molecule has 30 heavy (non-hydrogen) atoms. The number of rotatable bonds is 5. The van der Waals surface area contributed by atoms with Crippen molar-refractivity contribution in [2.75, 3.05) is 38.9 Å². The highest BCUT2D eigenvalue weighted by Crippen LogP contribution is 2.37. The minimum absolute atomic E-state index is 0.374. The Bertz CT molecular complexity index is 1180. The normalized spacial score (nSPS) is 10.8. The number of hydrogen-bond acceptors (Lipinski definition) is 7. The molecular formula is C23H23N5O2. The molecule has 0 fully saturated rings. The summed E-state index contributed by atoms with van der Waals surface area (Å²) in [5.41, 5.74) is 11.4. The predicted molar refractivity (Wildman–Crippen MR) is 120 cm³/mol. The van der Waals surface area contributed by atoms with Gasteiger partial charge in [0.2, 0.25) is 0 Å². The summed E-state index contributed by atoms with van der Waals surface area (Å²) in [6.07, 6.45) is 1.43. The SMILES string of the molecule is COc1cc(OC)cc(-c2cc(-c3ccc(N(C)C)cc3)nc3ncnc(N)c23)c1. The number of nitrogen functional groups attached to an aromatic ring is 1. The molecule has 0 bridgehead atoms. The van der Waals surface area contributed by atoms with Gasteiger partial charge in [-0.2, -0.15) is 0 Å². The van der Waals surface area contributed by atoms with Gasteiger partial charge in [0.15, 0.2) is 5.65 Å². The molecule has 2 N–H and O–H groups in total. The topological polar surface area (TPSA) is 86.4 Å². The zero-order valence-electron chi connectivity index (χ0n) is 17.4. The van der Waals surface area contributed by atoms with E-state index in [1.165, 1.54) is 6.33 Å². The molecule has 7 heteroatoms. The van der Waals surface area contributed by atoms with E-state index in [1.54, 1.807) is 14.2 Å². The number of ether oxygens (including phenoxy) is 2. The second-order valence-electron chi connectivity index (χ2n) is 7.06. The molecule has 4 aromatic rings. The third-order valence-corrected chi connectivity index (χ3v) is 4.98. The molecule has 2 aromatic carbocycles. The third kappa shape index (κ3) is 3.57. The molecule has 7 nitrogen and oxygen atoms in total. The molecule has 4 rings (SSSR count). The first kappa shape index (κ1) is 19.4. The first-order chi connectivity index (χ1) is 14.5. The van der Waals surface area contributed by atoms with E-state index in [4.69, 9.17) is 20.2 Å². The number of benzene rings is 2. The van der Waals surface area contributed by atoms with Crippen molar-refractivity contribution in [3.8, 4) is 33.9 Å². The number of pyridine rings is 1. The number of hydrogen-bond donors (Lipinski definition) is 1. The minimum atomic E-state index is 0.374. The van der Waals surface area contributed by atoms with Crippen LogP contribution in [0.5, 0.6) is 11.5 Å². The lowest BCUT2D eigenvalue weighted by molar-refractivity contribution is 0.394. The quantitative estimate of drug-likeness (QED) is 0.540. The van der Waals surface area contributed by atoms with Crippen LogP contribution in [-0.2, 0) is 0 Å². The van der Waals surface area contributed by atoms with Gasteiger partial charge in [-0.1, -0.05) is 12.1 Å². The van der Waals surface area contributed by atoms with Crippen LogP contribution >= 0.6 is 0 Å². The summed E-state index contributed by atoms with van der Waals surface area (Å²) in [5.74, 6) is 1.74. The molecule has 0 atom stereocenters. The Morgan fingerprint density at radius 2 is 1.50 bits per heavy atom. The van der Waals surface area contributed by atoms with E-state index in [2.05, 4.69) is 27.0 Å². The van der Waals surface area contributed by atoms with Crippen LogP contribution in [0.1, 0.15) is 0 Å². The smallest absolute Gasteiger partial charge is 0.165 e. The summed E-state index contributed by atoms with van der Waals surface area (Å²) < 4.78 is 10.9. The van der Waals surface area contributed by atoms with Crippen LogP contribution in [0.2, 0.25) is 0 Å². The van der Waals surface area contributed by atoms with Gasteiger partial charge in [0.1, 0.15) is 23.6 Å². The second kappa shape index (κ2) is 7.87. The predicted octanol–water partition coefficient (Wildman–Crippen LogP) is 4.02. The van der Waals surface area contributed by atoms with Gasteiger partial charge in [-0.15, -0.1) is 0 Å². The molecule has 0 unspecified atom stereocenters. The standard InChI is InChI=1S/C23H23N5O2/c1-28(2)16-7-5-14(6-8-16)20-12-19(21-22(24)25-13-26-23(21)27-20)15-9-17(29-3)11-18(10-15)30-4/h5-13H,1-4H3,(H2,24,25,26,27). The zero-order chi connectivity index (χ0) is 21.3. The van der Waals surface area contributed by atoms with Gasteiger partial charge in [-0.05, 0) is 41.5 Å². The van der Waals surface area contributed by atoms with Gasteiger partial charge in [-0.3, -0.25) is 0 Å². The average Bonchev–Trinajstić information content (AvgIpc) is 2.78. The Labute approximate surface area is 175 Å². The van der Waals surface area contributed by atoms with Crippen LogP contribution in [0.25, 0.3) is 33.4 Å². The fourth-order valence-corrected chi connectivity index (χ4v) is 3.36. The number of fused-ring (bicyclic) bond motifs is 1. The van der Waals surface area contributed by atoms with Crippen molar-refractivity contribution in [2.45, 2.75) is 0 Å². The summed E-state index contributed by atoms with van der Waals surface area (Å²) in [6, 6.07) is 15.9. The van der Waals surface area contributed by atoms with Crippen LogP contribution in [0.15, 0.2) is 54.9 Å². The number of anilines is 2. The first-order valence-corrected chi connectivity index (χ1v) is 9.42. The monoisotopic (exact) mass is 401 g/mol. The van der Waals surface area contributed by atoms with Crippen molar-refractivity contribution >= 4 is 22.5 Å². The molecule has 0 spiro atoms. The lowest BCUT2D eigenvalue weighted by atomic mass is 9.99. The summed E-state index contributed by atoms with van der Waals surface area (Å²) in [6.45, 7) is 0. The number of aromatic nitrogens is 3. The van der Waals surface area contributed by atoms with Gasteiger partial charge in [0.25, 0.3) is 0 Å². The molecule has 0 aliphatic rings.